The molecule has 5 nitrogen and oxygen atoms in total. The van der Waals surface area contributed by atoms with Crippen LogP contribution in [0.3, 0.4) is 0 Å². The van der Waals surface area contributed by atoms with E-state index in [0.29, 0.717) is 24.1 Å². The zero-order chi connectivity index (χ0) is 12.9. The van der Waals surface area contributed by atoms with E-state index >= 15 is 0 Å². The van der Waals surface area contributed by atoms with Crippen molar-refractivity contribution in [2.45, 2.75) is 20.8 Å². The van der Waals surface area contributed by atoms with Crippen LogP contribution in [-0.2, 0) is 4.79 Å². The third kappa shape index (κ3) is 4.99. The largest absolute Gasteiger partial charge is 0.367 e. The predicted octanol–water partition coefficient (Wildman–Crippen LogP) is 1.70. The number of carbonyl (C=O) groups is 1. The quantitative estimate of drug-likeness (QED) is 0.805. The summed E-state index contributed by atoms with van der Waals surface area (Å²) in [6.07, 6.45) is 3.05. The number of nitrogens with zero attached hydrogens (tertiary/aromatic N) is 2. The molecule has 0 aliphatic rings. The standard InChI is InChI=1S/C11H17ClN4O/c1-11(2,3)10(17)15-5-4-14-9-7-13-6-8(12)16-9/h6-7H,4-5H2,1-3H3,(H,14,16)(H,15,17). The molecule has 1 aromatic heterocycles. The first kappa shape index (κ1) is 13.7. The molecule has 1 aromatic rings. The molecular weight excluding hydrogens is 240 g/mol. The maximum Gasteiger partial charge on any atom is 0.225 e. The molecule has 94 valence electrons. The second kappa shape index (κ2) is 5.82. The summed E-state index contributed by atoms with van der Waals surface area (Å²) in [4.78, 5) is 19.5. The average Bonchev–Trinajstić information content (AvgIpc) is 2.23. The van der Waals surface area contributed by atoms with Gasteiger partial charge in [0.15, 0.2) is 0 Å². The second-order valence-corrected chi connectivity index (χ2v) is 5.05. The van der Waals surface area contributed by atoms with Gasteiger partial charge in [0.1, 0.15) is 11.0 Å². The molecular formula is C11H17ClN4O. The van der Waals surface area contributed by atoms with Crippen molar-refractivity contribution in [2.24, 2.45) is 5.41 Å². The zero-order valence-corrected chi connectivity index (χ0v) is 11.0. The zero-order valence-electron chi connectivity index (χ0n) is 10.2. The van der Waals surface area contributed by atoms with Crippen LogP contribution in [0.25, 0.3) is 0 Å². The second-order valence-electron chi connectivity index (χ2n) is 4.66. The molecule has 0 unspecified atom stereocenters. The van der Waals surface area contributed by atoms with E-state index in [1.807, 2.05) is 20.8 Å². The van der Waals surface area contributed by atoms with E-state index in [0.717, 1.165) is 0 Å². The van der Waals surface area contributed by atoms with E-state index in [1.54, 1.807) is 6.20 Å². The number of hydrogen-bond donors (Lipinski definition) is 2. The molecule has 0 saturated heterocycles. The lowest BCUT2D eigenvalue weighted by molar-refractivity contribution is -0.128. The van der Waals surface area contributed by atoms with Crippen molar-refractivity contribution in [1.29, 1.82) is 0 Å². The molecule has 0 atom stereocenters. The van der Waals surface area contributed by atoms with E-state index in [2.05, 4.69) is 20.6 Å². The summed E-state index contributed by atoms with van der Waals surface area (Å²) < 4.78 is 0. The Labute approximate surface area is 106 Å². The molecule has 0 aromatic carbocycles. The fourth-order valence-corrected chi connectivity index (χ4v) is 1.21. The van der Waals surface area contributed by atoms with Gasteiger partial charge in [0, 0.05) is 18.5 Å². The highest BCUT2D eigenvalue weighted by atomic mass is 35.5. The van der Waals surface area contributed by atoms with Gasteiger partial charge in [-0.15, -0.1) is 0 Å². The molecule has 1 amide bonds. The van der Waals surface area contributed by atoms with Gasteiger partial charge in [-0.2, -0.15) is 0 Å². The van der Waals surface area contributed by atoms with Crippen molar-refractivity contribution in [2.75, 3.05) is 18.4 Å². The number of nitrogens with one attached hydrogen (secondary N) is 2. The van der Waals surface area contributed by atoms with Gasteiger partial charge in [-0.1, -0.05) is 32.4 Å². The highest BCUT2D eigenvalue weighted by molar-refractivity contribution is 6.29. The Hall–Kier alpha value is -1.36. The van der Waals surface area contributed by atoms with Gasteiger partial charge in [0.25, 0.3) is 0 Å². The lowest BCUT2D eigenvalue weighted by Crippen LogP contribution is -2.37. The molecule has 0 radical (unpaired) electrons. The maximum atomic E-state index is 11.5. The lowest BCUT2D eigenvalue weighted by atomic mass is 9.96. The number of halogens is 1. The number of rotatable bonds is 4. The average molecular weight is 257 g/mol. The fourth-order valence-electron chi connectivity index (χ4n) is 1.06. The normalized spacial score (nSPS) is 11.1. The lowest BCUT2D eigenvalue weighted by Gasteiger charge is -2.17. The van der Waals surface area contributed by atoms with E-state index in [-0.39, 0.29) is 11.3 Å². The summed E-state index contributed by atoms with van der Waals surface area (Å²) in [5.74, 6) is 0.624. The van der Waals surface area contributed by atoms with Crippen molar-refractivity contribution in [1.82, 2.24) is 15.3 Å². The number of aromatic nitrogens is 2. The summed E-state index contributed by atoms with van der Waals surface area (Å²) in [7, 11) is 0. The van der Waals surface area contributed by atoms with Crippen molar-refractivity contribution in [3.63, 3.8) is 0 Å². The minimum Gasteiger partial charge on any atom is -0.367 e. The Morgan fingerprint density at radius 2 is 2.06 bits per heavy atom. The summed E-state index contributed by atoms with van der Waals surface area (Å²) in [6.45, 7) is 6.73. The van der Waals surface area contributed by atoms with Crippen LogP contribution in [0.15, 0.2) is 12.4 Å². The van der Waals surface area contributed by atoms with Gasteiger partial charge in [-0.25, -0.2) is 4.98 Å². The molecule has 0 aliphatic carbocycles. The van der Waals surface area contributed by atoms with Crippen LogP contribution < -0.4 is 10.6 Å². The minimum absolute atomic E-state index is 0.0245. The summed E-state index contributed by atoms with van der Waals surface area (Å²) in [5.41, 5.74) is -0.365. The molecule has 2 N–H and O–H groups in total. The Bertz CT molecular complexity index is 389. The fraction of sp³-hybridized carbons (Fsp3) is 0.545. The minimum atomic E-state index is -0.365. The van der Waals surface area contributed by atoms with Crippen molar-refractivity contribution >= 4 is 23.3 Å². The smallest absolute Gasteiger partial charge is 0.225 e. The van der Waals surface area contributed by atoms with Crippen LogP contribution in [-0.4, -0.2) is 29.0 Å². The van der Waals surface area contributed by atoms with Crippen LogP contribution in [0.1, 0.15) is 20.8 Å². The molecule has 0 bridgehead atoms. The molecule has 0 saturated carbocycles. The highest BCUT2D eigenvalue weighted by Crippen LogP contribution is 2.12. The maximum absolute atomic E-state index is 11.5. The van der Waals surface area contributed by atoms with E-state index in [1.165, 1.54) is 6.20 Å². The molecule has 1 heterocycles. The van der Waals surface area contributed by atoms with Crippen LogP contribution in [0, 0.1) is 5.41 Å². The summed E-state index contributed by atoms with van der Waals surface area (Å²) in [5, 5.41) is 6.19. The Morgan fingerprint density at radius 1 is 1.35 bits per heavy atom. The monoisotopic (exact) mass is 256 g/mol. The van der Waals surface area contributed by atoms with Crippen LogP contribution >= 0.6 is 11.6 Å². The van der Waals surface area contributed by atoms with Gasteiger partial charge >= 0.3 is 0 Å². The van der Waals surface area contributed by atoms with Gasteiger partial charge in [-0.05, 0) is 0 Å². The number of carbonyl (C=O) groups excluding carboxylic acids is 1. The SMILES string of the molecule is CC(C)(C)C(=O)NCCNc1cncc(Cl)n1. The van der Waals surface area contributed by atoms with Crippen molar-refractivity contribution in [3.8, 4) is 0 Å². The van der Waals surface area contributed by atoms with Crippen molar-refractivity contribution in [3.05, 3.63) is 17.5 Å². The Morgan fingerprint density at radius 3 is 2.65 bits per heavy atom. The summed E-state index contributed by atoms with van der Waals surface area (Å²) in [6, 6.07) is 0. The molecule has 1 rings (SSSR count). The van der Waals surface area contributed by atoms with Crippen LogP contribution in [0.2, 0.25) is 5.15 Å². The number of hydrogen-bond acceptors (Lipinski definition) is 4. The van der Waals surface area contributed by atoms with Crippen LogP contribution in [0.4, 0.5) is 5.82 Å². The van der Waals surface area contributed by atoms with E-state index in [4.69, 9.17) is 11.6 Å². The Kier molecular flexibility index (Phi) is 4.69. The van der Waals surface area contributed by atoms with Gasteiger partial charge in [0.2, 0.25) is 5.91 Å². The van der Waals surface area contributed by atoms with Crippen LogP contribution in [0.5, 0.6) is 0 Å². The van der Waals surface area contributed by atoms with E-state index in [9.17, 15) is 4.79 Å². The summed E-state index contributed by atoms with van der Waals surface area (Å²) >= 11 is 5.68. The highest BCUT2D eigenvalue weighted by Gasteiger charge is 2.20. The van der Waals surface area contributed by atoms with Gasteiger partial charge < -0.3 is 10.6 Å². The van der Waals surface area contributed by atoms with Crippen molar-refractivity contribution < 1.29 is 4.79 Å². The first-order valence-corrected chi connectivity index (χ1v) is 5.77. The molecule has 0 fully saturated rings. The Balaban J connectivity index is 2.28. The topological polar surface area (TPSA) is 66.9 Å². The third-order valence-corrected chi connectivity index (χ3v) is 2.19. The first-order valence-electron chi connectivity index (χ1n) is 5.39. The number of anilines is 1. The predicted molar refractivity (Wildman–Crippen MR) is 68.0 cm³/mol. The van der Waals surface area contributed by atoms with Gasteiger partial charge in [0.05, 0.1) is 12.4 Å². The molecule has 6 heteroatoms. The molecule has 17 heavy (non-hydrogen) atoms. The first-order chi connectivity index (χ1) is 7.89. The number of amides is 1. The van der Waals surface area contributed by atoms with E-state index < -0.39 is 0 Å². The van der Waals surface area contributed by atoms with Gasteiger partial charge in [-0.3, -0.25) is 9.78 Å². The molecule has 0 spiro atoms. The molecule has 0 aliphatic heterocycles. The third-order valence-electron chi connectivity index (χ3n) is 2.00.